The number of benzene rings is 1. The predicted octanol–water partition coefficient (Wildman–Crippen LogP) is 1.76. The molecule has 0 saturated carbocycles. The molecule has 0 aromatic heterocycles. The van der Waals surface area contributed by atoms with E-state index in [1.54, 1.807) is 36.4 Å². The highest BCUT2D eigenvalue weighted by atomic mass is 16.4. The zero-order valence-electron chi connectivity index (χ0n) is 19.7. The Labute approximate surface area is 208 Å². The van der Waals surface area contributed by atoms with Gasteiger partial charge >= 0.3 is 23.9 Å². The molecule has 0 bridgehead atoms. The molecule has 0 amide bonds. The molecule has 0 atom stereocenters. The average molecular weight is 509 g/mol. The molecule has 0 saturated heterocycles. The van der Waals surface area contributed by atoms with Gasteiger partial charge in [0.1, 0.15) is 11.5 Å². The van der Waals surface area contributed by atoms with Crippen molar-refractivity contribution in [3.05, 3.63) is 73.9 Å². The summed E-state index contributed by atoms with van der Waals surface area (Å²) in [7, 11) is 0. The van der Waals surface area contributed by atoms with Gasteiger partial charge in [0.15, 0.2) is 0 Å². The zero-order valence-corrected chi connectivity index (χ0v) is 19.7. The Morgan fingerprint density at radius 2 is 0.806 bits per heavy atom. The van der Waals surface area contributed by atoms with Crippen LogP contribution in [-0.2, 0) is 32.3 Å². The van der Waals surface area contributed by atoms with Gasteiger partial charge < -0.3 is 30.6 Å². The number of carbonyl (C=O) groups is 4. The lowest BCUT2D eigenvalue weighted by molar-refractivity contribution is -0.159. The standard InChI is InChI=1S/C20H28N2O2.2C2H2O4/c1-5-9-21(10-6-2)15-17-13-20(24)18(14-19(17)23)16-22(11-7-3)12-8-4;2*3-1(4)2(5)6/h5-8,13-14,23-24H,1-4,9-12,15-16H2;2*(H,3,4)(H,5,6). The highest BCUT2D eigenvalue weighted by molar-refractivity contribution is 6.27. The number of hydrogen-bond acceptors (Lipinski definition) is 8. The van der Waals surface area contributed by atoms with Gasteiger partial charge in [0, 0.05) is 50.4 Å². The van der Waals surface area contributed by atoms with Crippen LogP contribution in [0.1, 0.15) is 11.1 Å². The Morgan fingerprint density at radius 3 is 0.972 bits per heavy atom. The number of phenolic OH excluding ortho intramolecular Hbond substituents is 2. The first-order valence-corrected chi connectivity index (χ1v) is 10.2. The quantitative estimate of drug-likeness (QED) is 0.136. The van der Waals surface area contributed by atoms with Crippen molar-refractivity contribution < 1.29 is 49.8 Å². The summed E-state index contributed by atoms with van der Waals surface area (Å²) in [5.74, 6) is -6.94. The molecule has 0 heterocycles. The van der Waals surface area contributed by atoms with Crippen molar-refractivity contribution in [1.82, 2.24) is 9.80 Å². The van der Waals surface area contributed by atoms with E-state index in [0.717, 1.165) is 0 Å². The van der Waals surface area contributed by atoms with Crippen LogP contribution >= 0.6 is 0 Å². The van der Waals surface area contributed by atoms with Crippen molar-refractivity contribution >= 4 is 23.9 Å². The third kappa shape index (κ3) is 15.4. The number of rotatable bonds is 12. The number of carboxylic acid groups (broad SMARTS) is 4. The van der Waals surface area contributed by atoms with Crippen LogP contribution < -0.4 is 0 Å². The van der Waals surface area contributed by atoms with E-state index in [2.05, 4.69) is 36.1 Å². The van der Waals surface area contributed by atoms with E-state index in [1.807, 2.05) is 0 Å². The van der Waals surface area contributed by atoms with Crippen molar-refractivity contribution in [3.8, 4) is 11.5 Å². The molecule has 1 rings (SSSR count). The van der Waals surface area contributed by atoms with Gasteiger partial charge in [-0.15, -0.1) is 26.3 Å². The first-order valence-electron chi connectivity index (χ1n) is 10.2. The molecule has 6 N–H and O–H groups in total. The molecule has 0 unspecified atom stereocenters. The number of phenols is 2. The molecule has 1 aromatic rings. The molecule has 198 valence electrons. The normalized spacial score (nSPS) is 9.61. The average Bonchev–Trinajstić information content (AvgIpc) is 2.78. The van der Waals surface area contributed by atoms with Gasteiger partial charge in [-0.25, -0.2) is 19.2 Å². The van der Waals surface area contributed by atoms with Crippen LogP contribution in [0, 0.1) is 0 Å². The molecule has 0 radical (unpaired) electrons. The molecule has 0 fully saturated rings. The van der Waals surface area contributed by atoms with Crippen molar-refractivity contribution in [2.45, 2.75) is 13.1 Å². The number of hydrogen-bond donors (Lipinski definition) is 6. The largest absolute Gasteiger partial charge is 0.508 e. The van der Waals surface area contributed by atoms with E-state index in [0.29, 0.717) is 50.4 Å². The van der Waals surface area contributed by atoms with Crippen LogP contribution in [0.5, 0.6) is 11.5 Å². The second-order valence-electron chi connectivity index (χ2n) is 6.87. The summed E-state index contributed by atoms with van der Waals surface area (Å²) in [6, 6.07) is 3.26. The molecular formula is C24H32N2O10. The second-order valence-corrected chi connectivity index (χ2v) is 6.87. The van der Waals surface area contributed by atoms with Crippen molar-refractivity contribution in [1.29, 1.82) is 0 Å². The summed E-state index contributed by atoms with van der Waals surface area (Å²) >= 11 is 0. The molecule has 12 nitrogen and oxygen atoms in total. The summed E-state index contributed by atoms with van der Waals surface area (Å²) in [4.78, 5) is 40.5. The lowest BCUT2D eigenvalue weighted by Gasteiger charge is -2.22. The van der Waals surface area contributed by atoms with E-state index in [-0.39, 0.29) is 11.5 Å². The van der Waals surface area contributed by atoms with Crippen LogP contribution in [0.3, 0.4) is 0 Å². The minimum atomic E-state index is -1.82. The SMILES string of the molecule is C=CCN(CC=C)Cc1cc(O)c(CN(CC=C)CC=C)cc1O.O=C(O)C(=O)O.O=C(O)C(=O)O. The Morgan fingerprint density at radius 1 is 0.583 bits per heavy atom. The summed E-state index contributed by atoms with van der Waals surface area (Å²) in [5, 5.41) is 50.2. The van der Waals surface area contributed by atoms with Gasteiger partial charge in [-0.05, 0) is 12.1 Å². The maximum Gasteiger partial charge on any atom is 0.414 e. The Bertz CT molecular complexity index is 823. The third-order valence-electron chi connectivity index (χ3n) is 3.98. The fraction of sp³-hybridized carbons (Fsp3) is 0.250. The van der Waals surface area contributed by atoms with Crippen LogP contribution in [0.4, 0.5) is 0 Å². The maximum atomic E-state index is 10.3. The first kappa shape index (κ1) is 33.8. The third-order valence-corrected chi connectivity index (χ3v) is 3.98. The van der Waals surface area contributed by atoms with Gasteiger partial charge in [-0.2, -0.15) is 0 Å². The van der Waals surface area contributed by atoms with Crippen molar-refractivity contribution in [3.63, 3.8) is 0 Å². The lowest BCUT2D eigenvalue weighted by Crippen LogP contribution is -2.24. The van der Waals surface area contributed by atoms with E-state index < -0.39 is 23.9 Å². The van der Waals surface area contributed by atoms with Gasteiger partial charge in [-0.1, -0.05) is 24.3 Å². The molecular weight excluding hydrogens is 476 g/mol. The van der Waals surface area contributed by atoms with Crippen LogP contribution in [0.15, 0.2) is 62.8 Å². The topological polar surface area (TPSA) is 196 Å². The molecule has 36 heavy (non-hydrogen) atoms. The fourth-order valence-electron chi connectivity index (χ4n) is 2.54. The first-order chi connectivity index (χ1) is 16.8. The maximum absolute atomic E-state index is 10.3. The summed E-state index contributed by atoms with van der Waals surface area (Å²) < 4.78 is 0. The highest BCUT2D eigenvalue weighted by Crippen LogP contribution is 2.29. The smallest absolute Gasteiger partial charge is 0.414 e. The molecule has 12 heteroatoms. The Kier molecular flexibility index (Phi) is 17.8. The summed E-state index contributed by atoms with van der Waals surface area (Å²) in [5.41, 5.74) is 1.36. The molecule has 0 aliphatic heterocycles. The van der Waals surface area contributed by atoms with E-state index in [1.165, 1.54) is 0 Å². The number of aromatic hydroxyl groups is 2. The lowest BCUT2D eigenvalue weighted by atomic mass is 10.1. The van der Waals surface area contributed by atoms with Gasteiger partial charge in [0.2, 0.25) is 0 Å². The molecule has 0 aliphatic rings. The molecule has 1 aromatic carbocycles. The van der Waals surface area contributed by atoms with Gasteiger partial charge in [0.05, 0.1) is 0 Å². The van der Waals surface area contributed by atoms with Crippen LogP contribution in [0.2, 0.25) is 0 Å². The van der Waals surface area contributed by atoms with Crippen LogP contribution in [-0.4, -0.2) is 90.5 Å². The second kappa shape index (κ2) is 18.9. The number of aliphatic carboxylic acids is 4. The monoisotopic (exact) mass is 508 g/mol. The molecule has 0 aliphatic carbocycles. The predicted molar refractivity (Wildman–Crippen MR) is 132 cm³/mol. The summed E-state index contributed by atoms with van der Waals surface area (Å²) in [6.07, 6.45) is 7.21. The minimum absolute atomic E-state index is 0.179. The number of nitrogens with zero attached hydrogens (tertiary/aromatic N) is 2. The van der Waals surface area contributed by atoms with E-state index >= 15 is 0 Å². The van der Waals surface area contributed by atoms with E-state index in [9.17, 15) is 10.2 Å². The zero-order chi connectivity index (χ0) is 28.3. The van der Waals surface area contributed by atoms with Crippen LogP contribution in [0.25, 0.3) is 0 Å². The number of carboxylic acids is 4. The summed E-state index contributed by atoms with van der Waals surface area (Å²) in [6.45, 7) is 18.7. The highest BCUT2D eigenvalue weighted by Gasteiger charge is 2.13. The minimum Gasteiger partial charge on any atom is -0.508 e. The fourth-order valence-corrected chi connectivity index (χ4v) is 2.54. The van der Waals surface area contributed by atoms with Gasteiger partial charge in [0.25, 0.3) is 0 Å². The Hall–Kier alpha value is -4.42. The molecule has 0 spiro atoms. The van der Waals surface area contributed by atoms with E-state index in [4.69, 9.17) is 39.6 Å². The van der Waals surface area contributed by atoms with Crippen molar-refractivity contribution in [2.24, 2.45) is 0 Å². The van der Waals surface area contributed by atoms with Crippen molar-refractivity contribution in [2.75, 3.05) is 26.2 Å². The Balaban J connectivity index is 0. The van der Waals surface area contributed by atoms with Gasteiger partial charge in [-0.3, -0.25) is 9.80 Å².